The van der Waals surface area contributed by atoms with E-state index in [2.05, 4.69) is 36.4 Å². The normalized spacial score (nSPS) is 11.5. The highest BCUT2D eigenvalue weighted by Crippen LogP contribution is 2.38. The fourth-order valence-electron chi connectivity index (χ4n) is 4.21. The van der Waals surface area contributed by atoms with Gasteiger partial charge in [0.15, 0.2) is 0 Å². The van der Waals surface area contributed by atoms with Crippen LogP contribution in [0.4, 0.5) is 0 Å². The zero-order chi connectivity index (χ0) is 20.1. The molecule has 0 radical (unpaired) electrons. The number of hydrogen-bond donors (Lipinski definition) is 0. The molecule has 30 heavy (non-hydrogen) atoms. The molecule has 2 aromatic heterocycles. The zero-order valence-electron chi connectivity index (χ0n) is 16.0. The maximum Gasteiger partial charge on any atom is 0.339 e. The third-order valence-electron chi connectivity index (χ3n) is 5.58. The molecule has 6 rings (SSSR count). The van der Waals surface area contributed by atoms with E-state index in [0.29, 0.717) is 5.76 Å². The summed E-state index contributed by atoms with van der Waals surface area (Å²) in [6, 6.07) is 32.0. The highest BCUT2D eigenvalue weighted by Gasteiger charge is 2.17. The van der Waals surface area contributed by atoms with Crippen molar-refractivity contribution in [2.24, 2.45) is 0 Å². The van der Waals surface area contributed by atoms with Gasteiger partial charge in [-0.3, -0.25) is 0 Å². The van der Waals surface area contributed by atoms with Crippen molar-refractivity contribution in [1.82, 2.24) is 0 Å². The molecular weight excluding hydrogens is 372 g/mol. The first kappa shape index (κ1) is 16.8. The fraction of sp³-hybridized carbons (Fsp3) is 0. The molecule has 6 aromatic rings. The van der Waals surface area contributed by atoms with Gasteiger partial charge < -0.3 is 8.83 Å². The molecule has 2 heterocycles. The van der Waals surface area contributed by atoms with Gasteiger partial charge in [0.2, 0.25) is 0 Å². The first-order valence-corrected chi connectivity index (χ1v) is 9.82. The molecule has 0 N–H and O–H groups in total. The predicted octanol–water partition coefficient (Wildman–Crippen LogP) is 7.03. The van der Waals surface area contributed by atoms with Crippen LogP contribution in [0.5, 0.6) is 0 Å². The standard InChI is InChI=1S/C27H16O3/c28-26-16-23(21-13-5-9-17-7-1-3-11-19(17)21)24-15-25(29-27(24)30-26)22-14-6-10-18-8-2-4-12-20(18)22/h1-16H. The number of hydrogen-bond acceptors (Lipinski definition) is 3. The Labute approximate surface area is 171 Å². The minimum Gasteiger partial charge on any atom is -0.425 e. The lowest BCUT2D eigenvalue weighted by molar-refractivity contribution is 0.456. The summed E-state index contributed by atoms with van der Waals surface area (Å²) in [5, 5.41) is 5.21. The van der Waals surface area contributed by atoms with Crippen LogP contribution in [-0.2, 0) is 0 Å². The largest absolute Gasteiger partial charge is 0.425 e. The fourth-order valence-corrected chi connectivity index (χ4v) is 4.21. The van der Waals surface area contributed by atoms with E-state index in [9.17, 15) is 4.79 Å². The summed E-state index contributed by atoms with van der Waals surface area (Å²) in [5.74, 6) is 0.922. The van der Waals surface area contributed by atoms with E-state index in [1.54, 1.807) is 6.07 Å². The number of benzene rings is 4. The highest BCUT2D eigenvalue weighted by atomic mass is 16.5. The SMILES string of the molecule is O=c1cc(-c2cccc3ccccc23)c2cc(-c3cccc4ccccc34)oc2o1. The van der Waals surface area contributed by atoms with E-state index in [-0.39, 0.29) is 5.78 Å². The van der Waals surface area contributed by atoms with Crippen LogP contribution in [0.25, 0.3) is 55.2 Å². The van der Waals surface area contributed by atoms with Gasteiger partial charge in [-0.15, -0.1) is 0 Å². The zero-order valence-corrected chi connectivity index (χ0v) is 16.0. The molecule has 142 valence electrons. The van der Waals surface area contributed by atoms with Gasteiger partial charge in [-0.05, 0) is 33.2 Å². The molecule has 0 spiro atoms. The molecule has 0 aliphatic heterocycles. The van der Waals surface area contributed by atoms with Crippen LogP contribution in [0.15, 0.2) is 111 Å². The van der Waals surface area contributed by atoms with Crippen LogP contribution < -0.4 is 5.63 Å². The second-order valence-corrected chi connectivity index (χ2v) is 7.34. The molecule has 0 amide bonds. The van der Waals surface area contributed by atoms with E-state index in [1.807, 2.05) is 54.6 Å². The number of fused-ring (bicyclic) bond motifs is 3. The Hall–Kier alpha value is -4.11. The molecule has 0 saturated carbocycles. The average molecular weight is 388 g/mol. The Morgan fingerprint density at radius 3 is 1.83 bits per heavy atom. The average Bonchev–Trinajstić information content (AvgIpc) is 3.21. The van der Waals surface area contributed by atoms with E-state index in [4.69, 9.17) is 8.83 Å². The minimum absolute atomic E-state index is 0.244. The molecule has 0 fully saturated rings. The van der Waals surface area contributed by atoms with Crippen molar-refractivity contribution in [3.63, 3.8) is 0 Å². The maximum atomic E-state index is 12.3. The summed E-state index contributed by atoms with van der Waals surface area (Å²) in [4.78, 5) is 12.3. The summed E-state index contributed by atoms with van der Waals surface area (Å²) >= 11 is 0. The summed E-state index contributed by atoms with van der Waals surface area (Å²) in [6.07, 6.45) is 0. The monoisotopic (exact) mass is 388 g/mol. The van der Waals surface area contributed by atoms with Crippen molar-refractivity contribution in [3.8, 4) is 22.5 Å². The van der Waals surface area contributed by atoms with E-state index in [0.717, 1.165) is 43.6 Å². The molecular formula is C27H16O3. The van der Waals surface area contributed by atoms with Gasteiger partial charge in [0.25, 0.3) is 0 Å². The third-order valence-corrected chi connectivity index (χ3v) is 5.58. The molecule has 0 unspecified atom stereocenters. The minimum atomic E-state index is -0.427. The van der Waals surface area contributed by atoms with E-state index in [1.165, 1.54) is 0 Å². The summed E-state index contributed by atoms with van der Waals surface area (Å²) in [5.41, 5.74) is 2.34. The Balaban J connectivity index is 1.66. The van der Waals surface area contributed by atoms with Crippen LogP contribution in [0.1, 0.15) is 0 Å². The first-order valence-electron chi connectivity index (χ1n) is 9.82. The van der Waals surface area contributed by atoms with Gasteiger partial charge in [0, 0.05) is 17.2 Å². The summed E-state index contributed by atoms with van der Waals surface area (Å²) < 4.78 is 11.5. The second-order valence-electron chi connectivity index (χ2n) is 7.34. The lowest BCUT2D eigenvalue weighted by atomic mass is 9.97. The number of furan rings is 1. The maximum absolute atomic E-state index is 12.3. The molecule has 0 saturated heterocycles. The Kier molecular flexibility index (Phi) is 3.62. The van der Waals surface area contributed by atoms with E-state index >= 15 is 0 Å². The van der Waals surface area contributed by atoms with Gasteiger partial charge in [0.05, 0.1) is 5.39 Å². The van der Waals surface area contributed by atoms with E-state index < -0.39 is 5.63 Å². The van der Waals surface area contributed by atoms with Gasteiger partial charge >= 0.3 is 11.4 Å². The molecule has 0 atom stereocenters. The van der Waals surface area contributed by atoms with Crippen LogP contribution in [-0.4, -0.2) is 0 Å². The first-order chi connectivity index (χ1) is 14.8. The summed E-state index contributed by atoms with van der Waals surface area (Å²) in [7, 11) is 0. The Morgan fingerprint density at radius 2 is 1.10 bits per heavy atom. The van der Waals surface area contributed by atoms with Gasteiger partial charge in [0.1, 0.15) is 5.76 Å². The molecule has 3 nitrogen and oxygen atoms in total. The topological polar surface area (TPSA) is 43.4 Å². The molecule has 0 aliphatic rings. The molecule has 3 heteroatoms. The molecule has 0 aliphatic carbocycles. The van der Waals surface area contributed by atoms with Crippen molar-refractivity contribution in [1.29, 1.82) is 0 Å². The lowest BCUT2D eigenvalue weighted by Crippen LogP contribution is -1.97. The summed E-state index contributed by atoms with van der Waals surface area (Å²) in [6.45, 7) is 0. The van der Waals surface area contributed by atoms with Crippen molar-refractivity contribution >= 4 is 32.7 Å². The quantitative estimate of drug-likeness (QED) is 0.320. The number of rotatable bonds is 2. The second kappa shape index (κ2) is 6.46. The van der Waals surface area contributed by atoms with Crippen molar-refractivity contribution in [2.45, 2.75) is 0 Å². The smallest absolute Gasteiger partial charge is 0.339 e. The predicted molar refractivity (Wildman–Crippen MR) is 121 cm³/mol. The van der Waals surface area contributed by atoms with Crippen LogP contribution >= 0.6 is 0 Å². The van der Waals surface area contributed by atoms with Crippen LogP contribution in [0.2, 0.25) is 0 Å². The Morgan fingerprint density at radius 1 is 0.500 bits per heavy atom. The Bertz CT molecular complexity index is 1610. The third kappa shape index (κ3) is 2.56. The van der Waals surface area contributed by atoms with Gasteiger partial charge in [-0.25, -0.2) is 4.79 Å². The molecule has 4 aromatic carbocycles. The van der Waals surface area contributed by atoms with Crippen LogP contribution in [0.3, 0.4) is 0 Å². The van der Waals surface area contributed by atoms with Gasteiger partial charge in [-0.2, -0.15) is 0 Å². The lowest BCUT2D eigenvalue weighted by Gasteiger charge is -2.06. The van der Waals surface area contributed by atoms with Gasteiger partial charge in [-0.1, -0.05) is 84.9 Å². The van der Waals surface area contributed by atoms with Crippen molar-refractivity contribution in [3.05, 3.63) is 107 Å². The molecule has 0 bridgehead atoms. The van der Waals surface area contributed by atoms with Crippen molar-refractivity contribution < 1.29 is 8.83 Å². The highest BCUT2D eigenvalue weighted by molar-refractivity contribution is 6.05. The van der Waals surface area contributed by atoms with Crippen LogP contribution in [0, 0.1) is 0 Å². The van der Waals surface area contributed by atoms with Crippen molar-refractivity contribution in [2.75, 3.05) is 0 Å².